The Labute approximate surface area is 143 Å². The van der Waals surface area contributed by atoms with Crippen LogP contribution in [-0.2, 0) is 11.8 Å². The number of aromatic nitrogens is 4. The van der Waals surface area contributed by atoms with Gasteiger partial charge in [0.05, 0.1) is 0 Å². The molecule has 1 saturated carbocycles. The summed E-state index contributed by atoms with van der Waals surface area (Å²) in [5.41, 5.74) is 0. The molecule has 2 aliphatic rings. The topological polar surface area (TPSA) is 94.0 Å². The lowest BCUT2D eigenvalue weighted by atomic mass is 10.0. The Hall–Kier alpha value is -2.00. The summed E-state index contributed by atoms with van der Waals surface area (Å²) in [7, 11) is 1.95. The summed E-state index contributed by atoms with van der Waals surface area (Å²) in [6.07, 6.45) is 7.37. The van der Waals surface area contributed by atoms with E-state index < -0.39 is 0 Å². The molecule has 0 bridgehead atoms. The molecule has 2 aromatic rings. The normalized spacial score (nSPS) is 23.9. The van der Waals surface area contributed by atoms with Gasteiger partial charge in [-0.1, -0.05) is 0 Å². The van der Waals surface area contributed by atoms with Crippen LogP contribution in [0.1, 0.15) is 49.4 Å². The number of anilines is 1. The number of ether oxygens (including phenoxy) is 1. The standard InChI is InChI=1S/C15H20N6O2S/c1-21-6-5-16-13(21)11-8-10(4-7-23-11)17-14(22)19-15-18-12(20-24-15)9-2-3-9/h5-6,9-11H,2-4,7-8H2,1H3,(H2,17,18,19,20,22). The van der Waals surface area contributed by atoms with Crippen LogP contribution in [0.4, 0.5) is 9.93 Å². The third-order valence-electron chi connectivity index (χ3n) is 4.37. The van der Waals surface area contributed by atoms with E-state index in [0.717, 1.165) is 30.9 Å². The molecule has 2 atom stereocenters. The van der Waals surface area contributed by atoms with E-state index in [4.69, 9.17) is 4.74 Å². The van der Waals surface area contributed by atoms with Gasteiger partial charge in [-0.3, -0.25) is 5.32 Å². The van der Waals surface area contributed by atoms with E-state index in [1.807, 2.05) is 17.8 Å². The van der Waals surface area contributed by atoms with Crippen LogP contribution >= 0.6 is 11.5 Å². The van der Waals surface area contributed by atoms with Gasteiger partial charge in [0.15, 0.2) is 0 Å². The van der Waals surface area contributed by atoms with Gasteiger partial charge < -0.3 is 14.6 Å². The van der Waals surface area contributed by atoms with Crippen LogP contribution in [0.2, 0.25) is 0 Å². The number of aryl methyl sites for hydroxylation is 1. The van der Waals surface area contributed by atoms with Crippen molar-refractivity contribution in [2.24, 2.45) is 7.05 Å². The van der Waals surface area contributed by atoms with Gasteiger partial charge in [0.2, 0.25) is 5.13 Å². The summed E-state index contributed by atoms with van der Waals surface area (Å²) >= 11 is 1.24. The molecule has 4 rings (SSSR count). The molecular formula is C15H20N6O2S. The van der Waals surface area contributed by atoms with E-state index in [-0.39, 0.29) is 18.2 Å². The molecule has 1 saturated heterocycles. The van der Waals surface area contributed by atoms with Gasteiger partial charge in [0, 0.05) is 56.0 Å². The van der Waals surface area contributed by atoms with Gasteiger partial charge in [0.1, 0.15) is 17.8 Å². The average Bonchev–Trinajstić information content (AvgIpc) is 3.16. The van der Waals surface area contributed by atoms with Crippen molar-refractivity contribution in [3.8, 4) is 0 Å². The molecule has 2 fully saturated rings. The maximum absolute atomic E-state index is 12.2. The van der Waals surface area contributed by atoms with E-state index in [1.54, 1.807) is 6.20 Å². The number of amides is 2. The fourth-order valence-corrected chi connectivity index (χ4v) is 3.55. The molecule has 9 heteroatoms. The third-order valence-corrected chi connectivity index (χ3v) is 5.01. The second-order valence-electron chi connectivity index (χ2n) is 6.31. The molecule has 128 valence electrons. The lowest BCUT2D eigenvalue weighted by Gasteiger charge is -2.29. The molecule has 0 spiro atoms. The monoisotopic (exact) mass is 348 g/mol. The highest BCUT2D eigenvalue weighted by Gasteiger charge is 2.29. The van der Waals surface area contributed by atoms with E-state index in [1.165, 1.54) is 11.5 Å². The average molecular weight is 348 g/mol. The SMILES string of the molecule is Cn1ccnc1C1CC(NC(=O)Nc2nc(C3CC3)ns2)CCO1. The summed E-state index contributed by atoms with van der Waals surface area (Å²) in [6, 6.07) is -0.185. The zero-order valence-electron chi connectivity index (χ0n) is 13.4. The Balaban J connectivity index is 1.32. The van der Waals surface area contributed by atoms with Crippen LogP contribution in [-0.4, -0.2) is 37.6 Å². The summed E-state index contributed by atoms with van der Waals surface area (Å²) in [5.74, 6) is 2.24. The van der Waals surface area contributed by atoms with Crippen molar-refractivity contribution < 1.29 is 9.53 Å². The molecular weight excluding hydrogens is 328 g/mol. The Morgan fingerprint density at radius 2 is 2.29 bits per heavy atom. The third kappa shape index (κ3) is 3.41. The van der Waals surface area contributed by atoms with Gasteiger partial charge in [0.25, 0.3) is 0 Å². The molecule has 2 N–H and O–H groups in total. The van der Waals surface area contributed by atoms with Gasteiger partial charge in [-0.2, -0.15) is 4.37 Å². The van der Waals surface area contributed by atoms with Crippen LogP contribution in [0, 0.1) is 0 Å². The predicted molar refractivity (Wildman–Crippen MR) is 89.0 cm³/mol. The predicted octanol–water partition coefficient (Wildman–Crippen LogP) is 2.19. The molecule has 0 aromatic carbocycles. The lowest BCUT2D eigenvalue weighted by Crippen LogP contribution is -2.42. The van der Waals surface area contributed by atoms with E-state index >= 15 is 0 Å². The zero-order chi connectivity index (χ0) is 16.5. The molecule has 1 aliphatic heterocycles. The second kappa shape index (κ2) is 6.48. The first kappa shape index (κ1) is 15.5. The quantitative estimate of drug-likeness (QED) is 0.883. The van der Waals surface area contributed by atoms with Gasteiger partial charge >= 0.3 is 6.03 Å². The van der Waals surface area contributed by atoms with Crippen LogP contribution in [0.15, 0.2) is 12.4 Å². The number of rotatable bonds is 4. The van der Waals surface area contributed by atoms with Gasteiger partial charge in [-0.15, -0.1) is 0 Å². The highest BCUT2D eigenvalue weighted by Crippen LogP contribution is 2.39. The Bertz CT molecular complexity index is 725. The van der Waals surface area contributed by atoms with Crippen molar-refractivity contribution in [3.63, 3.8) is 0 Å². The number of carbonyl (C=O) groups is 1. The van der Waals surface area contributed by atoms with E-state index in [2.05, 4.69) is 25.0 Å². The summed E-state index contributed by atoms with van der Waals surface area (Å²) in [5, 5.41) is 6.35. The number of hydrogen-bond donors (Lipinski definition) is 2. The minimum absolute atomic E-state index is 0.0521. The molecule has 24 heavy (non-hydrogen) atoms. The number of imidazole rings is 1. The highest BCUT2D eigenvalue weighted by atomic mass is 32.1. The molecule has 2 unspecified atom stereocenters. The number of carbonyl (C=O) groups excluding carboxylic acids is 1. The summed E-state index contributed by atoms with van der Waals surface area (Å²) in [4.78, 5) is 20.9. The number of hydrogen-bond acceptors (Lipinski definition) is 6. The van der Waals surface area contributed by atoms with Crippen molar-refractivity contribution in [1.29, 1.82) is 0 Å². The van der Waals surface area contributed by atoms with Crippen molar-refractivity contribution in [2.75, 3.05) is 11.9 Å². The maximum Gasteiger partial charge on any atom is 0.321 e. The largest absolute Gasteiger partial charge is 0.370 e. The molecule has 8 nitrogen and oxygen atoms in total. The molecule has 1 aliphatic carbocycles. The first-order chi connectivity index (χ1) is 11.7. The fourth-order valence-electron chi connectivity index (χ4n) is 2.91. The van der Waals surface area contributed by atoms with E-state index in [9.17, 15) is 4.79 Å². The first-order valence-corrected chi connectivity index (χ1v) is 8.96. The summed E-state index contributed by atoms with van der Waals surface area (Å²) < 4.78 is 12.0. The van der Waals surface area contributed by atoms with Crippen LogP contribution in [0.25, 0.3) is 0 Å². The highest BCUT2D eigenvalue weighted by molar-refractivity contribution is 7.09. The fraction of sp³-hybridized carbons (Fsp3) is 0.600. The molecule has 3 heterocycles. The second-order valence-corrected chi connectivity index (χ2v) is 7.06. The number of nitrogens with one attached hydrogen (secondary N) is 2. The molecule has 0 radical (unpaired) electrons. The van der Waals surface area contributed by atoms with Gasteiger partial charge in [-0.25, -0.2) is 14.8 Å². The summed E-state index contributed by atoms with van der Waals surface area (Å²) in [6.45, 7) is 0.604. The molecule has 2 aromatic heterocycles. The van der Waals surface area contributed by atoms with E-state index in [0.29, 0.717) is 24.1 Å². The smallest absolute Gasteiger partial charge is 0.321 e. The van der Waals surface area contributed by atoms with Crippen molar-refractivity contribution >= 4 is 22.7 Å². The van der Waals surface area contributed by atoms with Gasteiger partial charge in [-0.05, 0) is 19.3 Å². The Morgan fingerprint density at radius 1 is 1.42 bits per heavy atom. The maximum atomic E-state index is 12.2. The Morgan fingerprint density at radius 3 is 3.04 bits per heavy atom. The lowest BCUT2D eigenvalue weighted by molar-refractivity contribution is -0.00410. The van der Waals surface area contributed by atoms with Crippen LogP contribution in [0.3, 0.4) is 0 Å². The van der Waals surface area contributed by atoms with Crippen LogP contribution < -0.4 is 10.6 Å². The van der Waals surface area contributed by atoms with Crippen molar-refractivity contribution in [1.82, 2.24) is 24.2 Å². The first-order valence-electron chi connectivity index (χ1n) is 8.19. The molecule has 2 amide bonds. The zero-order valence-corrected chi connectivity index (χ0v) is 14.3. The number of nitrogens with zero attached hydrogens (tertiary/aromatic N) is 4. The minimum Gasteiger partial charge on any atom is -0.370 e. The van der Waals surface area contributed by atoms with Crippen molar-refractivity contribution in [3.05, 3.63) is 24.0 Å². The van der Waals surface area contributed by atoms with Crippen LogP contribution in [0.5, 0.6) is 0 Å². The number of urea groups is 1. The van der Waals surface area contributed by atoms with Crippen molar-refractivity contribution in [2.45, 2.75) is 43.7 Å². The minimum atomic E-state index is -0.237. The Kier molecular flexibility index (Phi) is 4.19.